The van der Waals surface area contributed by atoms with Gasteiger partial charge in [0.1, 0.15) is 0 Å². The Morgan fingerprint density at radius 3 is 2.44 bits per heavy atom. The lowest BCUT2D eigenvalue weighted by atomic mass is 10.0. The maximum absolute atomic E-state index is 5.70. The van der Waals surface area contributed by atoms with Gasteiger partial charge in [-0.2, -0.15) is 5.10 Å². The molecule has 1 rings (SSSR count). The molecule has 1 aromatic rings. The number of nitrogens with zero attached hydrogens (tertiary/aromatic N) is 2. The average Bonchev–Trinajstić information content (AvgIpc) is 2.73. The predicted molar refractivity (Wildman–Crippen MR) is 73.3 cm³/mol. The molecule has 0 aromatic carbocycles. The first-order valence-corrected chi connectivity index (χ1v) is 6.58. The van der Waals surface area contributed by atoms with Crippen molar-refractivity contribution < 1.29 is 4.74 Å². The zero-order valence-electron chi connectivity index (χ0n) is 12.1. The minimum atomic E-state index is 0.0762. The highest BCUT2D eigenvalue weighted by molar-refractivity contribution is 5.28. The highest BCUT2D eigenvalue weighted by Crippen LogP contribution is 2.30. The normalized spacial score (nSPS) is 13.3. The molecule has 0 saturated heterocycles. The van der Waals surface area contributed by atoms with Crippen molar-refractivity contribution in [3.8, 4) is 5.75 Å². The number of hydrogen-bond donors (Lipinski definition) is 2. The number of hydrazine groups is 1. The lowest BCUT2D eigenvalue weighted by molar-refractivity contribution is 0.367. The van der Waals surface area contributed by atoms with Gasteiger partial charge in [0.2, 0.25) is 0 Å². The van der Waals surface area contributed by atoms with Crippen LogP contribution in [0.15, 0.2) is 6.20 Å². The standard InChI is InChI=1S/C13H26N4O/c1-9(2)6-7-11(16-14)13-12(18-5)8-15-17(13)10(3)4/h8-11,16H,6-7,14H2,1-5H3. The van der Waals surface area contributed by atoms with Crippen LogP contribution in [0.3, 0.4) is 0 Å². The molecule has 1 atom stereocenters. The highest BCUT2D eigenvalue weighted by atomic mass is 16.5. The van der Waals surface area contributed by atoms with Crippen molar-refractivity contribution in [2.75, 3.05) is 7.11 Å². The molecule has 0 fully saturated rings. The van der Waals surface area contributed by atoms with Crippen molar-refractivity contribution in [3.63, 3.8) is 0 Å². The number of hydrogen-bond acceptors (Lipinski definition) is 4. The number of methoxy groups -OCH3 is 1. The summed E-state index contributed by atoms with van der Waals surface area (Å²) in [4.78, 5) is 0. The summed E-state index contributed by atoms with van der Waals surface area (Å²) in [5.41, 5.74) is 3.93. The van der Waals surface area contributed by atoms with Crippen molar-refractivity contribution in [1.29, 1.82) is 0 Å². The van der Waals surface area contributed by atoms with Gasteiger partial charge in [0.05, 0.1) is 25.0 Å². The molecule has 1 unspecified atom stereocenters. The Kier molecular flexibility index (Phi) is 5.62. The minimum Gasteiger partial charge on any atom is -0.493 e. The van der Waals surface area contributed by atoms with Crippen LogP contribution < -0.4 is 16.0 Å². The Bertz CT molecular complexity index is 360. The zero-order valence-corrected chi connectivity index (χ0v) is 12.1. The summed E-state index contributed by atoms with van der Waals surface area (Å²) in [6.07, 6.45) is 3.85. The Labute approximate surface area is 110 Å². The summed E-state index contributed by atoms with van der Waals surface area (Å²) in [5.74, 6) is 7.15. The number of aromatic nitrogens is 2. The van der Waals surface area contributed by atoms with E-state index in [-0.39, 0.29) is 6.04 Å². The van der Waals surface area contributed by atoms with Crippen LogP contribution in [0.5, 0.6) is 5.75 Å². The Morgan fingerprint density at radius 2 is 2.00 bits per heavy atom. The topological polar surface area (TPSA) is 65.1 Å². The molecule has 0 aliphatic heterocycles. The van der Waals surface area contributed by atoms with Gasteiger partial charge in [0.25, 0.3) is 0 Å². The molecule has 5 nitrogen and oxygen atoms in total. The first-order valence-electron chi connectivity index (χ1n) is 6.58. The first kappa shape index (κ1) is 15.0. The molecular weight excluding hydrogens is 228 g/mol. The lowest BCUT2D eigenvalue weighted by Crippen LogP contribution is -2.31. The largest absolute Gasteiger partial charge is 0.493 e. The fourth-order valence-electron chi connectivity index (χ4n) is 2.06. The van der Waals surface area contributed by atoms with E-state index in [0.29, 0.717) is 12.0 Å². The third-order valence-electron chi connectivity index (χ3n) is 3.07. The van der Waals surface area contributed by atoms with Gasteiger partial charge in [-0.15, -0.1) is 0 Å². The van der Waals surface area contributed by atoms with E-state index in [4.69, 9.17) is 10.6 Å². The van der Waals surface area contributed by atoms with Crippen LogP contribution in [-0.4, -0.2) is 16.9 Å². The lowest BCUT2D eigenvalue weighted by Gasteiger charge is -2.21. The van der Waals surface area contributed by atoms with Crippen molar-refractivity contribution >= 4 is 0 Å². The van der Waals surface area contributed by atoms with Gasteiger partial charge in [0, 0.05) is 6.04 Å². The first-order chi connectivity index (χ1) is 8.51. The number of nitrogens with two attached hydrogens (primary N) is 1. The molecule has 0 spiro atoms. The van der Waals surface area contributed by atoms with Crippen LogP contribution in [0.1, 0.15) is 58.3 Å². The van der Waals surface area contributed by atoms with Gasteiger partial charge in [-0.05, 0) is 32.6 Å². The summed E-state index contributed by atoms with van der Waals surface area (Å²) >= 11 is 0. The second kappa shape index (κ2) is 6.75. The minimum absolute atomic E-state index is 0.0762. The van der Waals surface area contributed by atoms with Crippen molar-refractivity contribution in [2.45, 2.75) is 52.6 Å². The van der Waals surface area contributed by atoms with E-state index in [1.54, 1.807) is 13.3 Å². The van der Waals surface area contributed by atoms with Crippen LogP contribution >= 0.6 is 0 Å². The third-order valence-corrected chi connectivity index (χ3v) is 3.07. The molecule has 0 aliphatic carbocycles. The van der Waals surface area contributed by atoms with Gasteiger partial charge >= 0.3 is 0 Å². The van der Waals surface area contributed by atoms with E-state index in [0.717, 1.165) is 24.3 Å². The SMILES string of the molecule is COc1cnn(C(C)C)c1C(CCC(C)C)NN. The number of nitrogens with one attached hydrogen (secondary N) is 1. The number of rotatable bonds is 7. The second-order valence-corrected chi connectivity index (χ2v) is 5.33. The molecular formula is C13H26N4O. The molecule has 0 amide bonds. The molecule has 0 saturated carbocycles. The molecule has 18 heavy (non-hydrogen) atoms. The van der Waals surface area contributed by atoms with E-state index in [2.05, 4.69) is 38.2 Å². The van der Waals surface area contributed by atoms with E-state index in [1.807, 2.05) is 4.68 Å². The van der Waals surface area contributed by atoms with Crippen molar-refractivity contribution in [3.05, 3.63) is 11.9 Å². The molecule has 0 aliphatic rings. The maximum Gasteiger partial charge on any atom is 0.161 e. The molecule has 1 heterocycles. The Morgan fingerprint density at radius 1 is 1.33 bits per heavy atom. The quantitative estimate of drug-likeness (QED) is 0.579. The van der Waals surface area contributed by atoms with Crippen LogP contribution in [0.25, 0.3) is 0 Å². The Hall–Kier alpha value is -1.07. The maximum atomic E-state index is 5.70. The molecule has 1 aromatic heterocycles. The zero-order chi connectivity index (χ0) is 13.7. The smallest absolute Gasteiger partial charge is 0.161 e. The van der Waals surface area contributed by atoms with E-state index in [9.17, 15) is 0 Å². The van der Waals surface area contributed by atoms with E-state index in [1.165, 1.54) is 0 Å². The van der Waals surface area contributed by atoms with Crippen LogP contribution in [-0.2, 0) is 0 Å². The highest BCUT2D eigenvalue weighted by Gasteiger charge is 2.22. The molecule has 3 N–H and O–H groups in total. The van der Waals surface area contributed by atoms with Crippen molar-refractivity contribution in [1.82, 2.24) is 15.2 Å². The predicted octanol–water partition coefficient (Wildman–Crippen LogP) is 2.41. The van der Waals surface area contributed by atoms with Crippen LogP contribution in [0, 0.1) is 5.92 Å². The number of ether oxygens (including phenoxy) is 1. The van der Waals surface area contributed by atoms with Crippen LogP contribution in [0.2, 0.25) is 0 Å². The molecule has 5 heteroatoms. The molecule has 0 radical (unpaired) electrons. The summed E-state index contributed by atoms with van der Waals surface area (Å²) in [7, 11) is 1.67. The van der Waals surface area contributed by atoms with Crippen molar-refractivity contribution in [2.24, 2.45) is 11.8 Å². The third kappa shape index (κ3) is 3.46. The van der Waals surface area contributed by atoms with Gasteiger partial charge < -0.3 is 4.74 Å². The Balaban J connectivity index is 2.98. The summed E-state index contributed by atoms with van der Waals surface area (Å²) in [6, 6.07) is 0.367. The summed E-state index contributed by atoms with van der Waals surface area (Å²) in [6.45, 7) is 8.63. The fraction of sp³-hybridized carbons (Fsp3) is 0.769. The van der Waals surface area contributed by atoms with E-state index >= 15 is 0 Å². The summed E-state index contributed by atoms with van der Waals surface area (Å²) < 4.78 is 7.36. The molecule has 104 valence electrons. The van der Waals surface area contributed by atoms with E-state index < -0.39 is 0 Å². The van der Waals surface area contributed by atoms with Gasteiger partial charge in [-0.3, -0.25) is 16.0 Å². The fourth-order valence-corrected chi connectivity index (χ4v) is 2.06. The van der Waals surface area contributed by atoms with Gasteiger partial charge in [-0.1, -0.05) is 13.8 Å². The monoisotopic (exact) mass is 254 g/mol. The van der Waals surface area contributed by atoms with Gasteiger partial charge in [-0.25, -0.2) is 0 Å². The van der Waals surface area contributed by atoms with Gasteiger partial charge in [0.15, 0.2) is 5.75 Å². The van der Waals surface area contributed by atoms with Crippen LogP contribution in [0.4, 0.5) is 0 Å². The average molecular weight is 254 g/mol. The second-order valence-electron chi connectivity index (χ2n) is 5.33. The molecule has 0 bridgehead atoms. The summed E-state index contributed by atoms with van der Waals surface area (Å²) in [5, 5.41) is 4.38.